The van der Waals surface area contributed by atoms with Crippen LogP contribution in [-0.4, -0.2) is 15.9 Å². The van der Waals surface area contributed by atoms with E-state index >= 15 is 0 Å². The maximum atomic E-state index is 12.1. The minimum Gasteiger partial charge on any atom is -0.508 e. The number of benzene rings is 2. The molecule has 3 rings (SSSR count). The molecule has 0 atom stereocenters. The van der Waals surface area contributed by atoms with Crippen LogP contribution in [0.25, 0.3) is 10.6 Å². The monoisotopic (exact) mass is 295 g/mol. The molecule has 0 bridgehead atoms. The van der Waals surface area contributed by atoms with Crippen molar-refractivity contribution in [2.24, 2.45) is 0 Å². The standard InChI is InChI=1S/C17H13NO2S/c19-15-8-6-13(7-9-15)17-18-14(11-21-17)10-16(20)12-4-2-1-3-5-12/h1-9,11,19H,10H2. The zero-order valence-corrected chi connectivity index (χ0v) is 12.0. The van der Waals surface area contributed by atoms with Crippen LogP contribution in [0, 0.1) is 0 Å². The molecule has 0 saturated heterocycles. The molecule has 0 unspecified atom stereocenters. The van der Waals surface area contributed by atoms with E-state index in [1.807, 2.05) is 47.8 Å². The molecule has 21 heavy (non-hydrogen) atoms. The van der Waals surface area contributed by atoms with Crippen molar-refractivity contribution >= 4 is 17.1 Å². The van der Waals surface area contributed by atoms with E-state index in [-0.39, 0.29) is 11.5 Å². The number of rotatable bonds is 4. The van der Waals surface area contributed by atoms with E-state index in [9.17, 15) is 9.90 Å². The van der Waals surface area contributed by atoms with E-state index in [1.54, 1.807) is 12.1 Å². The number of carbonyl (C=O) groups is 1. The van der Waals surface area contributed by atoms with Crippen molar-refractivity contribution < 1.29 is 9.90 Å². The van der Waals surface area contributed by atoms with Gasteiger partial charge in [0.15, 0.2) is 5.78 Å². The number of aromatic hydroxyl groups is 1. The van der Waals surface area contributed by atoms with Crippen molar-refractivity contribution in [3.63, 3.8) is 0 Å². The van der Waals surface area contributed by atoms with Gasteiger partial charge in [-0.25, -0.2) is 4.98 Å². The van der Waals surface area contributed by atoms with E-state index in [4.69, 9.17) is 0 Å². The summed E-state index contributed by atoms with van der Waals surface area (Å²) in [6.07, 6.45) is 0.304. The Morgan fingerprint density at radius 2 is 1.76 bits per heavy atom. The first-order chi connectivity index (χ1) is 10.2. The van der Waals surface area contributed by atoms with Crippen molar-refractivity contribution in [3.8, 4) is 16.3 Å². The van der Waals surface area contributed by atoms with Gasteiger partial charge < -0.3 is 5.11 Å². The predicted octanol–water partition coefficient (Wildman–Crippen LogP) is 3.94. The molecule has 0 radical (unpaired) electrons. The molecule has 0 aliphatic heterocycles. The molecule has 0 saturated carbocycles. The first kappa shape index (κ1) is 13.5. The average molecular weight is 295 g/mol. The Hall–Kier alpha value is -2.46. The highest BCUT2D eigenvalue weighted by atomic mass is 32.1. The van der Waals surface area contributed by atoms with Gasteiger partial charge in [0.1, 0.15) is 10.8 Å². The van der Waals surface area contributed by atoms with Crippen molar-refractivity contribution in [1.82, 2.24) is 4.98 Å². The van der Waals surface area contributed by atoms with Crippen molar-refractivity contribution in [2.45, 2.75) is 6.42 Å². The van der Waals surface area contributed by atoms with Gasteiger partial charge in [0.25, 0.3) is 0 Å². The molecule has 104 valence electrons. The first-order valence-corrected chi connectivity index (χ1v) is 7.42. The smallest absolute Gasteiger partial charge is 0.168 e. The summed E-state index contributed by atoms with van der Waals surface area (Å²) in [7, 11) is 0. The van der Waals surface area contributed by atoms with Crippen LogP contribution in [0.3, 0.4) is 0 Å². The van der Waals surface area contributed by atoms with Crippen LogP contribution >= 0.6 is 11.3 Å². The van der Waals surface area contributed by atoms with Crippen LogP contribution in [0.15, 0.2) is 60.0 Å². The summed E-state index contributed by atoms with van der Waals surface area (Å²) in [6, 6.07) is 16.1. The molecule has 3 nitrogen and oxygen atoms in total. The first-order valence-electron chi connectivity index (χ1n) is 6.54. The molecule has 0 aliphatic carbocycles. The molecule has 0 aliphatic rings. The molecule has 1 heterocycles. The van der Waals surface area contributed by atoms with E-state index in [0.29, 0.717) is 12.0 Å². The summed E-state index contributed by atoms with van der Waals surface area (Å²) in [6.45, 7) is 0. The fraction of sp³-hybridized carbons (Fsp3) is 0.0588. The average Bonchev–Trinajstić information content (AvgIpc) is 2.97. The minimum atomic E-state index is 0.0677. The molecule has 4 heteroatoms. The maximum Gasteiger partial charge on any atom is 0.168 e. The molecule has 0 spiro atoms. The molecule has 0 fully saturated rings. The molecule has 3 aromatic rings. The third-order valence-electron chi connectivity index (χ3n) is 3.10. The fourth-order valence-electron chi connectivity index (χ4n) is 2.02. The number of hydrogen-bond donors (Lipinski definition) is 1. The van der Waals surface area contributed by atoms with Crippen LogP contribution in [0.5, 0.6) is 5.75 Å². The quantitative estimate of drug-likeness (QED) is 0.742. The number of phenols is 1. The van der Waals surface area contributed by atoms with Crippen LogP contribution in [0.2, 0.25) is 0 Å². The summed E-state index contributed by atoms with van der Waals surface area (Å²) in [5, 5.41) is 12.1. The van der Waals surface area contributed by atoms with Crippen molar-refractivity contribution in [3.05, 3.63) is 71.2 Å². The third kappa shape index (κ3) is 3.17. The lowest BCUT2D eigenvalue weighted by molar-refractivity contribution is 0.0992. The van der Waals surface area contributed by atoms with Gasteiger partial charge in [0.2, 0.25) is 0 Å². The SMILES string of the molecule is O=C(Cc1csc(-c2ccc(O)cc2)n1)c1ccccc1. The number of thiazole rings is 1. The van der Waals surface area contributed by atoms with E-state index in [1.165, 1.54) is 11.3 Å². The lowest BCUT2D eigenvalue weighted by atomic mass is 10.1. The van der Waals surface area contributed by atoms with Gasteiger partial charge in [-0.1, -0.05) is 30.3 Å². The second-order valence-corrected chi connectivity index (χ2v) is 5.51. The molecular weight excluding hydrogens is 282 g/mol. The number of aromatic nitrogens is 1. The summed E-state index contributed by atoms with van der Waals surface area (Å²) in [4.78, 5) is 16.6. The number of Topliss-reactive ketones (excluding diaryl/α,β-unsaturated/α-hetero) is 1. The van der Waals surface area contributed by atoms with Gasteiger partial charge in [0, 0.05) is 16.5 Å². The highest BCUT2D eigenvalue weighted by Crippen LogP contribution is 2.25. The maximum absolute atomic E-state index is 12.1. The largest absolute Gasteiger partial charge is 0.508 e. The fourth-order valence-corrected chi connectivity index (χ4v) is 2.84. The van der Waals surface area contributed by atoms with Gasteiger partial charge in [-0.2, -0.15) is 0 Å². The van der Waals surface area contributed by atoms with Crippen LogP contribution in [0.4, 0.5) is 0 Å². The lowest BCUT2D eigenvalue weighted by Gasteiger charge is -1.98. The topological polar surface area (TPSA) is 50.2 Å². The summed E-state index contributed by atoms with van der Waals surface area (Å²) in [5.74, 6) is 0.299. The zero-order valence-electron chi connectivity index (χ0n) is 11.2. The molecular formula is C17H13NO2S. The summed E-state index contributed by atoms with van der Waals surface area (Å²) >= 11 is 1.50. The Kier molecular flexibility index (Phi) is 3.79. The highest BCUT2D eigenvalue weighted by molar-refractivity contribution is 7.13. The Bertz CT molecular complexity index is 748. The van der Waals surface area contributed by atoms with Crippen molar-refractivity contribution in [2.75, 3.05) is 0 Å². The number of phenolic OH excluding ortho intramolecular Hbond substituents is 1. The Morgan fingerprint density at radius 1 is 1.05 bits per heavy atom. The normalized spacial score (nSPS) is 10.5. The number of ketones is 1. The van der Waals surface area contributed by atoms with Crippen LogP contribution < -0.4 is 0 Å². The third-order valence-corrected chi connectivity index (χ3v) is 4.04. The molecule has 1 aromatic heterocycles. The second-order valence-electron chi connectivity index (χ2n) is 4.66. The minimum absolute atomic E-state index is 0.0677. The summed E-state index contributed by atoms with van der Waals surface area (Å²) in [5.41, 5.74) is 2.42. The summed E-state index contributed by atoms with van der Waals surface area (Å²) < 4.78 is 0. The second kappa shape index (κ2) is 5.89. The molecule has 2 aromatic carbocycles. The Balaban J connectivity index is 1.76. The van der Waals surface area contributed by atoms with Gasteiger partial charge in [-0.3, -0.25) is 4.79 Å². The van der Waals surface area contributed by atoms with Crippen LogP contribution in [-0.2, 0) is 6.42 Å². The van der Waals surface area contributed by atoms with E-state index < -0.39 is 0 Å². The highest BCUT2D eigenvalue weighted by Gasteiger charge is 2.10. The Morgan fingerprint density at radius 3 is 2.48 bits per heavy atom. The van der Waals surface area contributed by atoms with Crippen molar-refractivity contribution in [1.29, 1.82) is 0 Å². The molecule has 0 amide bonds. The van der Waals surface area contributed by atoms with Crippen LogP contribution in [0.1, 0.15) is 16.1 Å². The number of hydrogen-bond acceptors (Lipinski definition) is 4. The zero-order chi connectivity index (χ0) is 14.7. The van der Waals surface area contributed by atoms with Gasteiger partial charge in [-0.15, -0.1) is 11.3 Å². The predicted molar refractivity (Wildman–Crippen MR) is 83.7 cm³/mol. The van der Waals surface area contributed by atoms with Gasteiger partial charge in [-0.05, 0) is 24.3 Å². The van der Waals surface area contributed by atoms with E-state index in [0.717, 1.165) is 16.3 Å². The Labute approximate surface area is 126 Å². The van der Waals surface area contributed by atoms with Gasteiger partial charge >= 0.3 is 0 Å². The molecule has 1 N–H and O–H groups in total. The number of carbonyl (C=O) groups excluding carboxylic acids is 1. The lowest BCUT2D eigenvalue weighted by Crippen LogP contribution is -2.03. The number of nitrogens with zero attached hydrogens (tertiary/aromatic N) is 1. The van der Waals surface area contributed by atoms with Gasteiger partial charge in [0.05, 0.1) is 12.1 Å². The van der Waals surface area contributed by atoms with E-state index in [2.05, 4.69) is 4.98 Å².